The van der Waals surface area contributed by atoms with Gasteiger partial charge in [-0.1, -0.05) is 25.5 Å². The van der Waals surface area contributed by atoms with E-state index in [9.17, 15) is 9.90 Å². The van der Waals surface area contributed by atoms with E-state index in [4.69, 9.17) is 9.47 Å². The molecule has 0 radical (unpaired) electrons. The van der Waals surface area contributed by atoms with Crippen LogP contribution in [-0.4, -0.2) is 36.5 Å². The Balaban J connectivity index is 1.96. The molecule has 0 aliphatic carbocycles. The first-order valence-electron chi connectivity index (χ1n) is 9.56. The molecule has 148 valence electrons. The summed E-state index contributed by atoms with van der Waals surface area (Å²) in [6.45, 7) is 5.40. The lowest BCUT2D eigenvalue weighted by molar-refractivity contribution is 0.101. The second kappa shape index (κ2) is 8.48. The zero-order valence-electron chi connectivity index (χ0n) is 16.9. The van der Waals surface area contributed by atoms with Gasteiger partial charge in [0.1, 0.15) is 17.2 Å². The van der Waals surface area contributed by atoms with Crippen LogP contribution in [0.4, 0.5) is 0 Å². The fraction of sp³-hybridized carbons (Fsp3) is 0.348. The summed E-state index contributed by atoms with van der Waals surface area (Å²) in [6.07, 6.45) is 3.89. The minimum Gasteiger partial charge on any atom is -0.507 e. The number of phenolic OH excluding ortho intramolecular Hbond substituents is 1. The first kappa shape index (κ1) is 20.0. The molecule has 0 aromatic heterocycles. The average Bonchev–Trinajstić information content (AvgIpc) is 3.00. The van der Waals surface area contributed by atoms with E-state index in [-0.39, 0.29) is 17.3 Å². The summed E-state index contributed by atoms with van der Waals surface area (Å²) >= 11 is 0. The minimum atomic E-state index is -0.159. The molecule has 2 aromatic rings. The number of aromatic hydroxyl groups is 1. The zero-order chi connectivity index (χ0) is 20.3. The van der Waals surface area contributed by atoms with Crippen molar-refractivity contribution in [2.45, 2.75) is 33.2 Å². The van der Waals surface area contributed by atoms with Gasteiger partial charge in [-0.15, -0.1) is 0 Å². The van der Waals surface area contributed by atoms with Gasteiger partial charge in [0.2, 0.25) is 5.78 Å². The van der Waals surface area contributed by atoms with Crippen LogP contribution in [-0.2, 0) is 6.54 Å². The maximum atomic E-state index is 13.0. The quantitative estimate of drug-likeness (QED) is 0.713. The number of unbranched alkanes of at least 4 members (excludes halogenated alkanes) is 1. The van der Waals surface area contributed by atoms with Crippen LogP contribution >= 0.6 is 0 Å². The monoisotopic (exact) mass is 381 g/mol. The molecule has 3 rings (SSSR count). The summed E-state index contributed by atoms with van der Waals surface area (Å²) in [5, 5.41) is 10.5. The van der Waals surface area contributed by atoms with Gasteiger partial charge in [0.15, 0.2) is 5.76 Å². The van der Waals surface area contributed by atoms with Gasteiger partial charge in [0, 0.05) is 6.54 Å². The Kier molecular flexibility index (Phi) is 6.05. The molecule has 1 heterocycles. The van der Waals surface area contributed by atoms with E-state index in [0.717, 1.165) is 24.9 Å². The summed E-state index contributed by atoms with van der Waals surface area (Å²) in [4.78, 5) is 15.1. The molecule has 0 amide bonds. The number of fused-ring (bicyclic) bond motifs is 1. The van der Waals surface area contributed by atoms with Crippen LogP contribution in [0.25, 0.3) is 6.08 Å². The second-order valence-electron chi connectivity index (χ2n) is 7.20. The van der Waals surface area contributed by atoms with E-state index < -0.39 is 0 Å². The number of benzene rings is 2. The SMILES string of the molecule is CCCCN(C)Cc1c(O)cc(C)c2c1O/C(=C\c1cccc(OC)c1)C2=O. The number of hydrogen-bond acceptors (Lipinski definition) is 5. The highest BCUT2D eigenvalue weighted by atomic mass is 16.5. The highest BCUT2D eigenvalue weighted by Crippen LogP contribution is 2.42. The van der Waals surface area contributed by atoms with Crippen LogP contribution in [0.1, 0.15) is 46.8 Å². The molecule has 1 N–H and O–H groups in total. The Morgan fingerprint density at radius 3 is 2.79 bits per heavy atom. The molecule has 5 heteroatoms. The van der Waals surface area contributed by atoms with E-state index >= 15 is 0 Å². The number of Topliss-reactive ketones (excluding diaryl/α,β-unsaturated/α-hetero) is 1. The molecule has 0 unspecified atom stereocenters. The molecule has 2 aromatic carbocycles. The third kappa shape index (κ3) is 4.04. The number of aryl methyl sites for hydroxylation is 1. The van der Waals surface area contributed by atoms with Crippen LogP contribution < -0.4 is 9.47 Å². The Morgan fingerprint density at radius 2 is 2.07 bits per heavy atom. The van der Waals surface area contributed by atoms with Gasteiger partial charge < -0.3 is 19.5 Å². The van der Waals surface area contributed by atoms with Crippen LogP contribution in [0.3, 0.4) is 0 Å². The largest absolute Gasteiger partial charge is 0.507 e. The van der Waals surface area contributed by atoms with Gasteiger partial charge >= 0.3 is 0 Å². The Morgan fingerprint density at radius 1 is 1.29 bits per heavy atom. The number of methoxy groups -OCH3 is 1. The third-order valence-electron chi connectivity index (χ3n) is 4.93. The number of ether oxygens (including phenoxy) is 2. The number of carbonyl (C=O) groups is 1. The van der Waals surface area contributed by atoms with E-state index in [2.05, 4.69) is 11.8 Å². The lowest BCUT2D eigenvalue weighted by Crippen LogP contribution is -2.19. The van der Waals surface area contributed by atoms with E-state index in [1.165, 1.54) is 0 Å². The van der Waals surface area contributed by atoms with Crippen molar-refractivity contribution >= 4 is 11.9 Å². The Bertz CT molecular complexity index is 917. The van der Waals surface area contributed by atoms with E-state index in [1.54, 1.807) is 19.3 Å². The minimum absolute atomic E-state index is 0.159. The van der Waals surface area contributed by atoms with Crippen LogP contribution in [0.15, 0.2) is 36.1 Å². The molecule has 0 atom stereocenters. The van der Waals surface area contributed by atoms with Gasteiger partial charge in [-0.2, -0.15) is 0 Å². The van der Waals surface area contributed by atoms with Crippen molar-refractivity contribution in [3.05, 3.63) is 58.3 Å². The smallest absolute Gasteiger partial charge is 0.232 e. The Labute approximate surface area is 166 Å². The molecule has 0 fully saturated rings. The molecular formula is C23H27NO4. The van der Waals surface area contributed by atoms with Crippen molar-refractivity contribution in [1.29, 1.82) is 0 Å². The summed E-state index contributed by atoms with van der Waals surface area (Å²) < 4.78 is 11.2. The molecule has 1 aliphatic heterocycles. The van der Waals surface area contributed by atoms with Gasteiger partial charge in [-0.25, -0.2) is 0 Å². The maximum absolute atomic E-state index is 13.0. The number of hydrogen-bond donors (Lipinski definition) is 1. The number of phenols is 1. The van der Waals surface area contributed by atoms with Crippen LogP contribution in [0.5, 0.6) is 17.2 Å². The lowest BCUT2D eigenvalue weighted by atomic mass is 9.99. The van der Waals surface area contributed by atoms with Gasteiger partial charge in [-0.3, -0.25) is 4.79 Å². The predicted molar refractivity (Wildman–Crippen MR) is 110 cm³/mol. The molecule has 1 aliphatic rings. The van der Waals surface area contributed by atoms with Gasteiger partial charge in [0.05, 0.1) is 18.2 Å². The fourth-order valence-corrected chi connectivity index (χ4v) is 3.39. The van der Waals surface area contributed by atoms with Crippen molar-refractivity contribution in [2.24, 2.45) is 0 Å². The number of nitrogens with zero attached hydrogens (tertiary/aromatic N) is 1. The third-order valence-corrected chi connectivity index (χ3v) is 4.93. The summed E-state index contributed by atoms with van der Waals surface area (Å²) in [6, 6.07) is 9.09. The van der Waals surface area contributed by atoms with Gasteiger partial charge in [0.25, 0.3) is 0 Å². The van der Waals surface area contributed by atoms with Crippen molar-refractivity contribution in [1.82, 2.24) is 4.90 Å². The van der Waals surface area contributed by atoms with E-state index in [0.29, 0.717) is 34.7 Å². The number of ketones is 1. The molecule has 0 saturated carbocycles. The van der Waals surface area contributed by atoms with Gasteiger partial charge in [-0.05, 0) is 62.3 Å². The Hall–Kier alpha value is -2.79. The standard InChI is InChI=1S/C23H27NO4/c1-5-6-10-24(3)14-18-19(25)11-15(2)21-22(26)20(28-23(18)21)13-16-8-7-9-17(12-16)27-4/h7-9,11-13,25H,5-6,10,14H2,1-4H3/b20-13-. The van der Waals surface area contributed by atoms with Crippen molar-refractivity contribution in [2.75, 3.05) is 20.7 Å². The van der Waals surface area contributed by atoms with Crippen LogP contribution in [0, 0.1) is 6.92 Å². The molecule has 28 heavy (non-hydrogen) atoms. The number of rotatable bonds is 7. The molecular weight excluding hydrogens is 354 g/mol. The molecule has 5 nitrogen and oxygen atoms in total. The summed E-state index contributed by atoms with van der Waals surface area (Å²) in [7, 11) is 3.61. The normalized spacial score (nSPS) is 14.5. The van der Waals surface area contributed by atoms with E-state index in [1.807, 2.05) is 38.2 Å². The van der Waals surface area contributed by atoms with Crippen molar-refractivity contribution in [3.63, 3.8) is 0 Å². The molecule has 0 spiro atoms. The topological polar surface area (TPSA) is 59.0 Å². The summed E-state index contributed by atoms with van der Waals surface area (Å²) in [5.74, 6) is 1.45. The van der Waals surface area contributed by atoms with Crippen LogP contribution in [0.2, 0.25) is 0 Å². The maximum Gasteiger partial charge on any atom is 0.232 e. The summed E-state index contributed by atoms with van der Waals surface area (Å²) in [5.41, 5.74) is 2.72. The molecule has 0 bridgehead atoms. The number of allylic oxidation sites excluding steroid dienone is 1. The fourth-order valence-electron chi connectivity index (χ4n) is 3.39. The average molecular weight is 381 g/mol. The lowest BCUT2D eigenvalue weighted by Gasteiger charge is -2.19. The highest BCUT2D eigenvalue weighted by Gasteiger charge is 2.33. The predicted octanol–water partition coefficient (Wildman–Crippen LogP) is 4.56. The first-order chi connectivity index (χ1) is 13.4. The second-order valence-corrected chi connectivity index (χ2v) is 7.20. The van der Waals surface area contributed by atoms with Crippen molar-refractivity contribution in [3.8, 4) is 17.2 Å². The zero-order valence-corrected chi connectivity index (χ0v) is 16.9. The highest BCUT2D eigenvalue weighted by molar-refractivity contribution is 6.15. The molecule has 0 saturated heterocycles. The number of carbonyl (C=O) groups excluding carboxylic acids is 1. The van der Waals surface area contributed by atoms with Crippen molar-refractivity contribution < 1.29 is 19.4 Å². The first-order valence-corrected chi connectivity index (χ1v) is 9.56.